The minimum atomic E-state index is -4.82. The number of likely N-dealkylation sites (N-methyl/N-ethyl adjacent to an activating group) is 3. The van der Waals surface area contributed by atoms with Gasteiger partial charge in [-0.15, -0.1) is 0 Å². The van der Waals surface area contributed by atoms with Crippen LogP contribution in [0.25, 0.3) is 0 Å². The molecule has 19 heteroatoms. The molecule has 1 heterocycles. The van der Waals surface area contributed by atoms with E-state index in [1.54, 1.807) is 46.0 Å². The first-order chi connectivity index (χ1) is 30.6. The molecule has 0 unspecified atom stereocenters. The number of hydrogen-bond acceptors (Lipinski definition) is 7. The minimum Gasteiger partial charge on any atom is -0.344 e. The van der Waals surface area contributed by atoms with Gasteiger partial charge in [0.05, 0.1) is 0 Å². The summed E-state index contributed by atoms with van der Waals surface area (Å²) in [4.78, 5) is 103. The maximum Gasteiger partial charge on any atom is 0.403 e. The van der Waals surface area contributed by atoms with Gasteiger partial charge in [-0.2, -0.15) is 13.2 Å². The molecule has 0 radical (unpaired) electrons. The zero-order chi connectivity index (χ0) is 48.4. The summed E-state index contributed by atoms with van der Waals surface area (Å²) in [6, 6.07) is -2.17. The van der Waals surface area contributed by atoms with Crippen LogP contribution in [-0.2, 0) is 40.0 Å². The van der Waals surface area contributed by atoms with E-state index in [0.717, 1.165) is 0 Å². The average molecular weight is 959 g/mol. The van der Waals surface area contributed by atoms with Gasteiger partial charge < -0.3 is 36.0 Å². The molecule has 1 aromatic rings. The first kappa shape index (κ1) is 53.5. The van der Waals surface area contributed by atoms with Gasteiger partial charge in [-0.1, -0.05) is 70.2 Å². The van der Waals surface area contributed by atoms with E-state index < -0.39 is 83.3 Å². The Morgan fingerprint density at radius 2 is 1.52 bits per heavy atom. The summed E-state index contributed by atoms with van der Waals surface area (Å²) >= 11 is 12.9. The zero-order valence-electron chi connectivity index (χ0n) is 38.8. The van der Waals surface area contributed by atoms with Crippen LogP contribution in [0.1, 0.15) is 124 Å². The van der Waals surface area contributed by atoms with Crippen molar-refractivity contribution in [3.05, 3.63) is 33.8 Å². The van der Waals surface area contributed by atoms with Crippen molar-refractivity contribution in [1.82, 2.24) is 36.0 Å². The SMILES string of the molecule is CC[C@H](NC(=O)C1(C(F)(F)F)CCCCC1)C(=O)N[C@H](C(=O)N(CC)[C@H]1CCCCN(C)C(=O)[C@@H](CC)NC(=O)[C@H](Cc2cc(Cl)ccc2Cl)N(C)C(=O)[C@H](CC(C)C)NC1=O)C1CC1. The van der Waals surface area contributed by atoms with Crippen molar-refractivity contribution in [3.63, 3.8) is 0 Å². The summed E-state index contributed by atoms with van der Waals surface area (Å²) in [6.45, 7) is 9.01. The van der Waals surface area contributed by atoms with E-state index in [9.17, 15) is 46.7 Å². The van der Waals surface area contributed by atoms with E-state index in [2.05, 4.69) is 21.3 Å². The largest absolute Gasteiger partial charge is 0.403 e. The predicted octanol–water partition coefficient (Wildman–Crippen LogP) is 5.95. The second-order valence-electron chi connectivity index (χ2n) is 18.4. The highest BCUT2D eigenvalue weighted by Crippen LogP contribution is 2.49. The predicted molar refractivity (Wildman–Crippen MR) is 241 cm³/mol. The lowest BCUT2D eigenvalue weighted by molar-refractivity contribution is -0.230. The lowest BCUT2D eigenvalue weighted by atomic mass is 9.72. The molecule has 0 aromatic heterocycles. The van der Waals surface area contributed by atoms with Gasteiger partial charge in [-0.05, 0) is 107 Å². The van der Waals surface area contributed by atoms with Gasteiger partial charge >= 0.3 is 6.18 Å². The number of hydrogen-bond donors (Lipinski definition) is 4. The fourth-order valence-electron chi connectivity index (χ4n) is 8.99. The molecule has 0 bridgehead atoms. The van der Waals surface area contributed by atoms with Crippen LogP contribution in [0, 0.1) is 17.3 Å². The normalized spacial score (nSPS) is 23.9. The van der Waals surface area contributed by atoms with Gasteiger partial charge in [0.25, 0.3) is 0 Å². The number of amides is 7. The van der Waals surface area contributed by atoms with Crippen LogP contribution in [-0.4, -0.2) is 126 Å². The number of halogens is 5. The monoisotopic (exact) mass is 957 g/mol. The number of rotatable bonds is 14. The quantitative estimate of drug-likeness (QED) is 0.178. The maximum absolute atomic E-state index is 14.7. The third-order valence-electron chi connectivity index (χ3n) is 13.2. The van der Waals surface area contributed by atoms with Crippen LogP contribution < -0.4 is 21.3 Å². The number of benzene rings is 1. The molecule has 3 fully saturated rings. The molecular formula is C46H68Cl2F3N7O7. The second kappa shape index (κ2) is 23.6. The molecule has 0 spiro atoms. The summed E-state index contributed by atoms with van der Waals surface area (Å²) < 4.78 is 43.2. The van der Waals surface area contributed by atoms with Crippen molar-refractivity contribution in [2.24, 2.45) is 17.3 Å². The average Bonchev–Trinajstić information content (AvgIpc) is 4.11. The molecule has 14 nitrogen and oxygen atoms in total. The molecule has 1 aliphatic heterocycles. The number of nitrogens with one attached hydrogen (secondary N) is 4. The molecule has 364 valence electrons. The summed E-state index contributed by atoms with van der Waals surface area (Å²) in [5.41, 5.74) is -2.13. The van der Waals surface area contributed by atoms with E-state index >= 15 is 0 Å². The van der Waals surface area contributed by atoms with Crippen LogP contribution in [0.4, 0.5) is 13.2 Å². The molecule has 1 saturated heterocycles. The Balaban J connectivity index is 1.67. The molecule has 6 atom stereocenters. The smallest absolute Gasteiger partial charge is 0.344 e. The lowest BCUT2D eigenvalue weighted by Gasteiger charge is -2.38. The maximum atomic E-state index is 14.7. The summed E-state index contributed by atoms with van der Waals surface area (Å²) in [5, 5.41) is 11.5. The molecule has 7 amide bonds. The Kier molecular flexibility index (Phi) is 19.4. The van der Waals surface area contributed by atoms with Crippen molar-refractivity contribution >= 4 is 64.6 Å². The number of carbonyl (C=O) groups is 7. The molecule has 4 N–H and O–H groups in total. The van der Waals surface area contributed by atoms with E-state index in [4.69, 9.17) is 23.2 Å². The number of alkyl halides is 3. The Morgan fingerprint density at radius 1 is 0.877 bits per heavy atom. The van der Waals surface area contributed by atoms with Crippen LogP contribution in [0.2, 0.25) is 10.0 Å². The Labute approximate surface area is 391 Å². The van der Waals surface area contributed by atoms with Crippen LogP contribution in [0.15, 0.2) is 18.2 Å². The molecule has 3 aliphatic rings. The highest BCUT2D eigenvalue weighted by molar-refractivity contribution is 6.33. The highest BCUT2D eigenvalue weighted by atomic mass is 35.5. The van der Waals surface area contributed by atoms with Crippen molar-refractivity contribution in [3.8, 4) is 0 Å². The fourth-order valence-corrected chi connectivity index (χ4v) is 9.38. The van der Waals surface area contributed by atoms with Crippen molar-refractivity contribution in [2.75, 3.05) is 27.2 Å². The Hall–Kier alpha value is -4.12. The van der Waals surface area contributed by atoms with Crippen molar-refractivity contribution in [1.29, 1.82) is 0 Å². The first-order valence-corrected chi connectivity index (χ1v) is 23.9. The van der Waals surface area contributed by atoms with E-state index in [0.29, 0.717) is 47.7 Å². The highest BCUT2D eigenvalue weighted by Gasteiger charge is 2.60. The van der Waals surface area contributed by atoms with Gasteiger partial charge in [0.1, 0.15) is 41.7 Å². The fraction of sp³-hybridized carbons (Fsp3) is 0.717. The Morgan fingerprint density at radius 3 is 2.09 bits per heavy atom. The van der Waals surface area contributed by atoms with Gasteiger partial charge in [0.15, 0.2) is 0 Å². The van der Waals surface area contributed by atoms with Crippen LogP contribution in [0.5, 0.6) is 0 Å². The summed E-state index contributed by atoms with van der Waals surface area (Å²) in [5.74, 6) is -5.30. The molecular weight excluding hydrogens is 890 g/mol. The minimum absolute atomic E-state index is 0.0138. The van der Waals surface area contributed by atoms with Gasteiger partial charge in [0.2, 0.25) is 41.4 Å². The van der Waals surface area contributed by atoms with Gasteiger partial charge in [-0.25, -0.2) is 0 Å². The van der Waals surface area contributed by atoms with E-state index in [-0.39, 0.29) is 88.6 Å². The molecule has 65 heavy (non-hydrogen) atoms. The van der Waals surface area contributed by atoms with Gasteiger partial charge in [0, 0.05) is 43.7 Å². The topological polar surface area (TPSA) is 177 Å². The molecule has 4 rings (SSSR count). The second-order valence-corrected chi connectivity index (χ2v) is 19.2. The summed E-state index contributed by atoms with van der Waals surface area (Å²) in [6.07, 6.45) is -2.21. The molecule has 2 saturated carbocycles. The number of carbonyl (C=O) groups excluding carboxylic acids is 7. The van der Waals surface area contributed by atoms with Crippen molar-refractivity contribution in [2.45, 2.75) is 167 Å². The van der Waals surface area contributed by atoms with Gasteiger partial charge in [-0.3, -0.25) is 33.6 Å². The summed E-state index contributed by atoms with van der Waals surface area (Å²) in [7, 11) is 3.05. The van der Waals surface area contributed by atoms with Crippen LogP contribution >= 0.6 is 23.2 Å². The third kappa shape index (κ3) is 13.5. The molecule has 1 aromatic carbocycles. The Bertz CT molecular complexity index is 1880. The standard InChI is InChI=1S/C46H68Cl2F3N7O7/c1-8-32(54-44(65)45(46(49,50)51)21-13-11-14-22-45)38(59)55-37(28-17-18-28)43(64)58(10-3)35-16-12-15-23-56(6)41(62)33(9-2)52-40(61)36(26-29-25-30(47)19-20-31(29)48)57(7)42(63)34(24-27(4)5)53-39(35)60/h19-20,25,27-28,32-37H,8-18,21-24,26H2,1-7H3,(H,52,61)(H,53,60)(H,54,65)(H,55,59)/t32-,33+,34-,35-,36-,37-/m0/s1. The lowest BCUT2D eigenvalue weighted by Crippen LogP contribution is -2.62. The van der Waals surface area contributed by atoms with E-state index in [1.165, 1.54) is 21.7 Å². The number of nitrogens with zero attached hydrogens (tertiary/aromatic N) is 3. The third-order valence-corrected chi connectivity index (χ3v) is 13.8. The van der Waals surface area contributed by atoms with Crippen LogP contribution in [0.3, 0.4) is 0 Å². The van der Waals surface area contributed by atoms with E-state index in [1.807, 2.05) is 13.8 Å². The molecule has 2 aliphatic carbocycles. The zero-order valence-corrected chi connectivity index (χ0v) is 40.3. The first-order valence-electron chi connectivity index (χ1n) is 23.1. The van der Waals surface area contributed by atoms with Crippen molar-refractivity contribution < 1.29 is 46.7 Å².